The summed E-state index contributed by atoms with van der Waals surface area (Å²) in [7, 11) is 0. The smallest absolute Gasteiger partial charge is 0.253 e. The maximum Gasteiger partial charge on any atom is 0.253 e. The highest BCUT2D eigenvalue weighted by Gasteiger charge is 2.43. The van der Waals surface area contributed by atoms with E-state index in [0.717, 1.165) is 66.1 Å². The van der Waals surface area contributed by atoms with E-state index in [1.54, 1.807) is 0 Å². The molecule has 4 aromatic heterocycles. The van der Waals surface area contributed by atoms with Crippen LogP contribution in [0.5, 0.6) is 0 Å². The van der Waals surface area contributed by atoms with Crippen molar-refractivity contribution < 1.29 is 8.83 Å². The summed E-state index contributed by atoms with van der Waals surface area (Å²) in [6.07, 6.45) is 0. The summed E-state index contributed by atoms with van der Waals surface area (Å²) in [6.45, 7) is -0.144. The Bertz CT molecular complexity index is 6270. The molecule has 0 amide bonds. The fraction of sp³-hybridized carbons (Fsp3) is 0. The summed E-state index contributed by atoms with van der Waals surface area (Å²) < 4.78 is 18.4. The van der Waals surface area contributed by atoms with Crippen molar-refractivity contribution in [1.29, 1.82) is 0 Å². The van der Waals surface area contributed by atoms with Crippen molar-refractivity contribution in [2.45, 2.75) is 0 Å². The Morgan fingerprint density at radius 3 is 1.30 bits per heavy atom. The molecular weight excluding hydrogens is 1010 g/mol. The summed E-state index contributed by atoms with van der Waals surface area (Å²) in [5, 5.41) is 24.8. The summed E-state index contributed by atoms with van der Waals surface area (Å²) >= 11 is 0. The van der Waals surface area contributed by atoms with Gasteiger partial charge in [-0.25, -0.2) is 0 Å². The standard InChI is InChI=1S/C78H41BN2O2/c1-4-18-50-46(14-1)47-15-2-5-19-51(47)59-41-69-61(39-58(50)59)64-40-62-52-20-6-3-16-48(52)49-17-7-8-23-57(49)74(62)76-78(64)81(69)68-25-13-24-67-75(68)79(76)65-36-45(44-29-32-56-54-22-10-12-27-71(54)83-73(56)38-44)35-63-60-34-42(30-33-66(60)80(67)77(63)65)43-28-31-55-53-21-9-11-26-70(53)82-72(55)37-43/h1-41H. The van der Waals surface area contributed by atoms with Crippen molar-refractivity contribution in [3.8, 4) is 33.6 Å². The predicted octanol–water partition coefficient (Wildman–Crippen LogP) is 19.1. The van der Waals surface area contributed by atoms with E-state index in [1.165, 1.54) is 136 Å². The molecule has 0 spiro atoms. The molecule has 21 rings (SSSR count). The lowest BCUT2D eigenvalue weighted by Gasteiger charge is -2.35. The second-order valence-electron chi connectivity index (χ2n) is 23.3. The first-order valence-electron chi connectivity index (χ1n) is 28.8. The van der Waals surface area contributed by atoms with Gasteiger partial charge in [0.1, 0.15) is 22.3 Å². The van der Waals surface area contributed by atoms with Gasteiger partial charge in [-0.05, 0) is 188 Å². The maximum atomic E-state index is 6.66. The van der Waals surface area contributed by atoms with Crippen LogP contribution in [0.1, 0.15) is 0 Å². The van der Waals surface area contributed by atoms with Gasteiger partial charge in [0, 0.05) is 60.0 Å². The third-order valence-electron chi connectivity index (χ3n) is 19.4. The molecule has 0 fully saturated rings. The highest BCUT2D eigenvalue weighted by molar-refractivity contribution is 7.02. The quantitative estimate of drug-likeness (QED) is 0.128. The van der Waals surface area contributed by atoms with Crippen molar-refractivity contribution in [2.75, 3.05) is 0 Å². The lowest BCUT2D eigenvalue weighted by Crippen LogP contribution is -2.59. The minimum Gasteiger partial charge on any atom is -0.456 e. The molecule has 2 aliphatic heterocycles. The van der Waals surface area contributed by atoms with E-state index in [2.05, 4.69) is 252 Å². The number of aromatic nitrogens is 2. The van der Waals surface area contributed by atoms with Crippen LogP contribution in [0, 0.1) is 0 Å². The van der Waals surface area contributed by atoms with Crippen LogP contribution in [0.3, 0.4) is 0 Å². The lowest BCUT2D eigenvalue weighted by molar-refractivity contribution is 0.668. The van der Waals surface area contributed by atoms with Gasteiger partial charge in [0.05, 0.1) is 16.6 Å². The number of rotatable bonds is 2. The first kappa shape index (κ1) is 43.0. The van der Waals surface area contributed by atoms with Gasteiger partial charge in [0.15, 0.2) is 0 Å². The minimum absolute atomic E-state index is 0.144. The Morgan fingerprint density at radius 1 is 0.241 bits per heavy atom. The van der Waals surface area contributed by atoms with Gasteiger partial charge in [-0.3, -0.25) is 0 Å². The van der Waals surface area contributed by atoms with Crippen molar-refractivity contribution in [2.24, 2.45) is 0 Å². The average molecular weight is 1050 g/mol. The molecule has 5 heteroatoms. The fourth-order valence-corrected chi connectivity index (χ4v) is 16.0. The van der Waals surface area contributed by atoms with Crippen LogP contribution >= 0.6 is 0 Å². The summed E-state index contributed by atoms with van der Waals surface area (Å²) in [5.41, 5.74) is 19.5. The first-order chi connectivity index (χ1) is 41.2. The first-order valence-corrected chi connectivity index (χ1v) is 28.8. The Hall–Kier alpha value is -10.9. The molecule has 4 nitrogen and oxygen atoms in total. The fourth-order valence-electron chi connectivity index (χ4n) is 16.0. The molecule has 15 aromatic carbocycles. The number of nitrogens with zero attached hydrogens (tertiary/aromatic N) is 2. The molecule has 2 aliphatic rings. The van der Waals surface area contributed by atoms with Crippen LogP contribution in [-0.2, 0) is 0 Å². The van der Waals surface area contributed by atoms with Crippen LogP contribution in [0.2, 0.25) is 0 Å². The highest BCUT2D eigenvalue weighted by atomic mass is 16.3. The van der Waals surface area contributed by atoms with Crippen LogP contribution in [0.25, 0.3) is 186 Å². The average Bonchev–Trinajstić information content (AvgIpc) is 2.33. The molecule has 0 N–H and O–H groups in total. The second kappa shape index (κ2) is 15.1. The molecule has 378 valence electrons. The van der Waals surface area contributed by atoms with Gasteiger partial charge >= 0.3 is 0 Å². The van der Waals surface area contributed by atoms with Crippen molar-refractivity contribution in [3.05, 3.63) is 249 Å². The Labute approximate surface area is 472 Å². The topological polar surface area (TPSA) is 36.1 Å². The van der Waals surface area contributed by atoms with E-state index < -0.39 is 0 Å². The van der Waals surface area contributed by atoms with Crippen LogP contribution in [0.15, 0.2) is 258 Å². The van der Waals surface area contributed by atoms with E-state index in [4.69, 9.17) is 8.83 Å². The molecule has 0 saturated heterocycles. The third kappa shape index (κ3) is 5.35. The highest BCUT2D eigenvalue weighted by Crippen LogP contribution is 2.48. The molecule has 83 heavy (non-hydrogen) atoms. The molecule has 6 heterocycles. The molecule has 0 unspecified atom stereocenters. The van der Waals surface area contributed by atoms with E-state index in [9.17, 15) is 0 Å². The van der Waals surface area contributed by atoms with E-state index in [1.807, 2.05) is 6.07 Å². The Balaban J connectivity index is 0.939. The monoisotopic (exact) mass is 1050 g/mol. The van der Waals surface area contributed by atoms with Gasteiger partial charge in [0.25, 0.3) is 6.71 Å². The van der Waals surface area contributed by atoms with Gasteiger partial charge in [-0.1, -0.05) is 164 Å². The minimum atomic E-state index is -0.144. The summed E-state index contributed by atoms with van der Waals surface area (Å²) in [6, 6.07) is 93.4. The summed E-state index contributed by atoms with van der Waals surface area (Å²) in [4.78, 5) is 0. The van der Waals surface area contributed by atoms with Gasteiger partial charge in [-0.15, -0.1) is 0 Å². The molecule has 0 radical (unpaired) electrons. The van der Waals surface area contributed by atoms with Crippen molar-refractivity contribution in [1.82, 2.24) is 9.13 Å². The second-order valence-corrected chi connectivity index (χ2v) is 23.3. The van der Waals surface area contributed by atoms with Gasteiger partial charge < -0.3 is 18.0 Å². The van der Waals surface area contributed by atoms with Crippen LogP contribution < -0.4 is 16.4 Å². The SMILES string of the molecule is c1cc2c3c(c1)-n1c4cc5c6ccccc6c6ccccc6c5cc4c4cc5c6ccccc6c6ccccc6c5c(c41)B3c1cc(-c3ccc4c(c3)oc3ccccc34)cc3c4cc(-c5ccc6c(c5)oc5ccccc56)ccc4n-2c13. The predicted molar refractivity (Wildman–Crippen MR) is 350 cm³/mol. The molecule has 0 bridgehead atoms. The summed E-state index contributed by atoms with van der Waals surface area (Å²) in [5.74, 6) is 0. The normalized spacial score (nSPS) is 13.0. The third-order valence-corrected chi connectivity index (χ3v) is 19.4. The number of hydrogen-bond acceptors (Lipinski definition) is 2. The number of hydrogen-bond donors (Lipinski definition) is 0. The van der Waals surface area contributed by atoms with Gasteiger partial charge in [-0.2, -0.15) is 0 Å². The molecule has 0 atom stereocenters. The zero-order chi connectivity index (χ0) is 53.5. The largest absolute Gasteiger partial charge is 0.456 e. The zero-order valence-electron chi connectivity index (χ0n) is 44.5. The van der Waals surface area contributed by atoms with Crippen LogP contribution in [0.4, 0.5) is 0 Å². The van der Waals surface area contributed by atoms with E-state index in [0.29, 0.717) is 0 Å². The molecule has 0 aliphatic carbocycles. The maximum absolute atomic E-state index is 6.66. The number of fused-ring (bicyclic) bond motifs is 29. The number of furan rings is 2. The van der Waals surface area contributed by atoms with Crippen LogP contribution in [-0.4, -0.2) is 15.8 Å². The number of para-hydroxylation sites is 2. The molecule has 0 saturated carbocycles. The lowest BCUT2D eigenvalue weighted by atomic mass is 9.33. The van der Waals surface area contributed by atoms with Crippen molar-refractivity contribution >= 4 is 175 Å². The van der Waals surface area contributed by atoms with Crippen molar-refractivity contribution in [3.63, 3.8) is 0 Å². The molecule has 19 aromatic rings. The molecular formula is C78H41BN2O2. The Kier molecular flexibility index (Phi) is 7.83. The zero-order valence-corrected chi connectivity index (χ0v) is 44.5. The van der Waals surface area contributed by atoms with Gasteiger partial charge in [0.2, 0.25) is 0 Å². The van der Waals surface area contributed by atoms with E-state index in [-0.39, 0.29) is 6.71 Å². The van der Waals surface area contributed by atoms with E-state index >= 15 is 0 Å². The number of benzene rings is 15. The Morgan fingerprint density at radius 2 is 0.675 bits per heavy atom.